The highest BCUT2D eigenvalue weighted by Crippen LogP contribution is 2.45. The molecular formula is C9H16. The van der Waals surface area contributed by atoms with Gasteiger partial charge in [0.15, 0.2) is 0 Å². The summed E-state index contributed by atoms with van der Waals surface area (Å²) in [6.07, 6.45) is 7.73. The van der Waals surface area contributed by atoms with Gasteiger partial charge in [0.25, 0.3) is 0 Å². The molecule has 0 heteroatoms. The van der Waals surface area contributed by atoms with Crippen LogP contribution in [0.2, 0.25) is 0 Å². The second kappa shape index (κ2) is 2.00. The summed E-state index contributed by atoms with van der Waals surface area (Å²) in [5.41, 5.74) is 0. The molecule has 52 valence electrons. The van der Waals surface area contributed by atoms with E-state index in [1.165, 1.54) is 12.8 Å². The standard InChI is InChI=1S/C9H16/c1-7-5-8-3-2-4-9(7)6-8/h7-9H,2-6H2,1H3/t7-,8-,9-/m0/s1. The maximum atomic E-state index is 2.44. The molecule has 2 aliphatic rings. The Morgan fingerprint density at radius 2 is 2.00 bits per heavy atom. The first kappa shape index (κ1) is 5.76. The van der Waals surface area contributed by atoms with Crippen LogP contribution >= 0.6 is 0 Å². The van der Waals surface area contributed by atoms with E-state index in [0.717, 1.165) is 17.8 Å². The van der Waals surface area contributed by atoms with Gasteiger partial charge in [-0.25, -0.2) is 0 Å². The molecule has 0 heterocycles. The van der Waals surface area contributed by atoms with Crippen molar-refractivity contribution in [2.45, 2.75) is 39.0 Å². The number of rotatable bonds is 0. The Kier molecular flexibility index (Phi) is 1.28. The van der Waals surface area contributed by atoms with Crippen LogP contribution in [0.15, 0.2) is 0 Å². The molecule has 0 aromatic carbocycles. The monoisotopic (exact) mass is 124 g/mol. The van der Waals surface area contributed by atoms with Gasteiger partial charge in [-0.2, -0.15) is 0 Å². The van der Waals surface area contributed by atoms with Gasteiger partial charge < -0.3 is 0 Å². The van der Waals surface area contributed by atoms with Gasteiger partial charge in [0.2, 0.25) is 0 Å². The van der Waals surface area contributed by atoms with Crippen LogP contribution in [0.5, 0.6) is 0 Å². The van der Waals surface area contributed by atoms with Gasteiger partial charge >= 0.3 is 0 Å². The maximum absolute atomic E-state index is 2.44. The Labute approximate surface area is 57.6 Å². The molecule has 0 spiro atoms. The minimum atomic E-state index is 1.07. The molecule has 3 atom stereocenters. The summed E-state index contributed by atoms with van der Waals surface area (Å²) in [4.78, 5) is 0. The molecule has 0 radical (unpaired) electrons. The van der Waals surface area contributed by atoms with Gasteiger partial charge in [-0.1, -0.05) is 26.2 Å². The van der Waals surface area contributed by atoms with Gasteiger partial charge in [0, 0.05) is 0 Å². The summed E-state index contributed by atoms with van der Waals surface area (Å²) in [5.74, 6) is 3.33. The summed E-state index contributed by atoms with van der Waals surface area (Å²) >= 11 is 0. The zero-order chi connectivity index (χ0) is 6.27. The molecule has 0 aromatic rings. The summed E-state index contributed by atoms with van der Waals surface area (Å²) in [5, 5.41) is 0. The fraction of sp³-hybridized carbons (Fsp3) is 1.00. The molecule has 0 amide bonds. The lowest BCUT2D eigenvalue weighted by Crippen LogP contribution is -2.06. The van der Waals surface area contributed by atoms with Crippen LogP contribution in [-0.4, -0.2) is 0 Å². The Morgan fingerprint density at radius 3 is 2.67 bits per heavy atom. The first-order valence-corrected chi connectivity index (χ1v) is 4.36. The van der Waals surface area contributed by atoms with Crippen LogP contribution in [0.25, 0.3) is 0 Å². The summed E-state index contributed by atoms with van der Waals surface area (Å²) in [6.45, 7) is 2.44. The molecule has 0 nitrogen and oxygen atoms in total. The predicted molar refractivity (Wildman–Crippen MR) is 39.2 cm³/mol. The normalized spacial score (nSPS) is 49.7. The zero-order valence-corrected chi connectivity index (χ0v) is 6.27. The third-order valence-corrected chi connectivity index (χ3v) is 3.33. The number of fused-ring (bicyclic) bond motifs is 2. The van der Waals surface area contributed by atoms with Crippen molar-refractivity contribution in [2.24, 2.45) is 17.8 Å². The second-order valence-electron chi connectivity index (χ2n) is 4.01. The smallest absolute Gasteiger partial charge is 0.0386 e. The van der Waals surface area contributed by atoms with Crippen molar-refractivity contribution < 1.29 is 0 Å². The van der Waals surface area contributed by atoms with E-state index in [2.05, 4.69) is 6.92 Å². The lowest BCUT2D eigenvalue weighted by molar-refractivity contribution is 0.335. The topological polar surface area (TPSA) is 0 Å². The van der Waals surface area contributed by atoms with Gasteiger partial charge in [-0.3, -0.25) is 0 Å². The van der Waals surface area contributed by atoms with E-state index in [9.17, 15) is 0 Å². The average molecular weight is 124 g/mol. The Balaban J connectivity index is 2.07. The van der Waals surface area contributed by atoms with Crippen LogP contribution in [0.4, 0.5) is 0 Å². The average Bonchev–Trinajstić information content (AvgIpc) is 2.09. The van der Waals surface area contributed by atoms with Crippen LogP contribution < -0.4 is 0 Å². The quantitative estimate of drug-likeness (QED) is 0.466. The lowest BCUT2D eigenvalue weighted by atomic mass is 9.88. The van der Waals surface area contributed by atoms with Gasteiger partial charge in [-0.15, -0.1) is 0 Å². The van der Waals surface area contributed by atoms with E-state index in [1.54, 1.807) is 19.3 Å². The van der Waals surface area contributed by atoms with E-state index in [-0.39, 0.29) is 0 Å². The summed E-state index contributed by atoms with van der Waals surface area (Å²) in [6, 6.07) is 0. The van der Waals surface area contributed by atoms with Crippen LogP contribution in [0.1, 0.15) is 39.0 Å². The SMILES string of the molecule is C[C@H]1C[C@@H]2CCC[C@H]1C2. The van der Waals surface area contributed by atoms with Crippen LogP contribution in [0, 0.1) is 17.8 Å². The predicted octanol–water partition coefficient (Wildman–Crippen LogP) is 2.83. The number of hydrogen-bond acceptors (Lipinski definition) is 0. The van der Waals surface area contributed by atoms with Crippen LogP contribution in [-0.2, 0) is 0 Å². The highest BCUT2D eigenvalue weighted by molar-refractivity contribution is 4.84. The minimum Gasteiger partial charge on any atom is -0.0622 e. The fourth-order valence-corrected chi connectivity index (χ4v) is 2.78. The third-order valence-electron chi connectivity index (χ3n) is 3.33. The molecular weight excluding hydrogens is 108 g/mol. The van der Waals surface area contributed by atoms with Crippen molar-refractivity contribution >= 4 is 0 Å². The van der Waals surface area contributed by atoms with Gasteiger partial charge in [0.05, 0.1) is 0 Å². The van der Waals surface area contributed by atoms with Crippen molar-refractivity contribution in [2.75, 3.05) is 0 Å². The van der Waals surface area contributed by atoms with Crippen molar-refractivity contribution in [3.05, 3.63) is 0 Å². The molecule has 2 bridgehead atoms. The summed E-state index contributed by atoms with van der Waals surface area (Å²) < 4.78 is 0. The van der Waals surface area contributed by atoms with Crippen molar-refractivity contribution in [3.8, 4) is 0 Å². The van der Waals surface area contributed by atoms with Crippen molar-refractivity contribution in [1.29, 1.82) is 0 Å². The van der Waals surface area contributed by atoms with Crippen LogP contribution in [0.3, 0.4) is 0 Å². The Bertz CT molecular complexity index is 105. The molecule has 2 aliphatic carbocycles. The molecule has 2 saturated carbocycles. The minimum absolute atomic E-state index is 1.07. The van der Waals surface area contributed by atoms with E-state index < -0.39 is 0 Å². The molecule has 0 aliphatic heterocycles. The Hall–Kier alpha value is 0. The molecule has 0 aromatic heterocycles. The molecule has 2 rings (SSSR count). The van der Waals surface area contributed by atoms with E-state index in [1.807, 2.05) is 0 Å². The third kappa shape index (κ3) is 0.889. The highest BCUT2D eigenvalue weighted by atomic mass is 14.4. The molecule has 0 saturated heterocycles. The molecule has 0 N–H and O–H groups in total. The number of hydrogen-bond donors (Lipinski definition) is 0. The zero-order valence-electron chi connectivity index (χ0n) is 6.27. The summed E-state index contributed by atoms with van der Waals surface area (Å²) in [7, 11) is 0. The van der Waals surface area contributed by atoms with Gasteiger partial charge in [0.1, 0.15) is 0 Å². The van der Waals surface area contributed by atoms with E-state index >= 15 is 0 Å². The highest BCUT2D eigenvalue weighted by Gasteiger charge is 2.33. The van der Waals surface area contributed by atoms with E-state index in [0.29, 0.717) is 0 Å². The van der Waals surface area contributed by atoms with E-state index in [4.69, 9.17) is 0 Å². The molecule has 0 unspecified atom stereocenters. The molecule has 9 heavy (non-hydrogen) atoms. The maximum Gasteiger partial charge on any atom is -0.0386 e. The molecule has 2 fully saturated rings. The van der Waals surface area contributed by atoms with Crippen molar-refractivity contribution in [1.82, 2.24) is 0 Å². The second-order valence-corrected chi connectivity index (χ2v) is 4.01. The van der Waals surface area contributed by atoms with Crippen molar-refractivity contribution in [3.63, 3.8) is 0 Å². The first-order chi connectivity index (χ1) is 4.36. The lowest BCUT2D eigenvalue weighted by Gasteiger charge is -2.18. The van der Waals surface area contributed by atoms with Gasteiger partial charge in [-0.05, 0) is 30.6 Å². The first-order valence-electron chi connectivity index (χ1n) is 4.36. The largest absolute Gasteiger partial charge is 0.0622 e. The fourth-order valence-electron chi connectivity index (χ4n) is 2.78. The Morgan fingerprint density at radius 1 is 1.11 bits per heavy atom.